The van der Waals surface area contributed by atoms with Crippen molar-refractivity contribution in [1.82, 2.24) is 0 Å². The number of phosphoric ester groups is 1. The fraction of sp³-hybridized carbons (Fsp3) is 0.846. The highest BCUT2D eigenvalue weighted by molar-refractivity contribution is 8.76. The molecule has 0 aromatic carbocycles. The Morgan fingerprint density at radius 3 is 2.88 bits per heavy atom. The molecule has 0 spiro atoms. The molecule has 0 bridgehead atoms. The van der Waals surface area contributed by atoms with Crippen LogP contribution in [0.4, 0.5) is 0 Å². The number of fused-ring (bicyclic) bond motifs is 1. The first-order chi connectivity index (χ1) is 11.4. The van der Waals surface area contributed by atoms with Gasteiger partial charge in [0.2, 0.25) is 0 Å². The summed E-state index contributed by atoms with van der Waals surface area (Å²) in [6, 6.07) is -0.448. The van der Waals surface area contributed by atoms with Crippen LogP contribution < -0.4 is 0 Å². The van der Waals surface area contributed by atoms with E-state index in [1.165, 1.54) is 0 Å². The number of aliphatic hydroxyl groups is 1. The van der Waals surface area contributed by atoms with Crippen LogP contribution in [0.5, 0.6) is 0 Å². The smallest absolute Gasteiger partial charge is 0.385 e. The van der Waals surface area contributed by atoms with Gasteiger partial charge >= 0.3 is 7.82 Å². The quantitative estimate of drug-likeness (QED) is 0.316. The van der Waals surface area contributed by atoms with Crippen LogP contribution >= 0.6 is 29.4 Å². The van der Waals surface area contributed by atoms with Gasteiger partial charge in [-0.3, -0.25) is 13.6 Å². The van der Waals surface area contributed by atoms with Crippen molar-refractivity contribution < 1.29 is 32.7 Å². The standard InChI is InChI=1S/C13H20BO7PS2/c1-3-4-17-9-6-23-24-7-10(9)20-22(16)18-5-8-11(21-22)13(2,15)12(14)19-8/h1,8-12,15H,4-7,14H2,2H3/t8?,9?,10-,11-,12?,13-,22?/m1/s1. The fourth-order valence-corrected chi connectivity index (χ4v) is 7.00. The highest BCUT2D eigenvalue weighted by Crippen LogP contribution is 2.58. The molecule has 0 aliphatic carbocycles. The molecule has 7 atom stereocenters. The molecule has 0 saturated carbocycles. The van der Waals surface area contributed by atoms with E-state index in [4.69, 9.17) is 29.5 Å². The molecule has 0 aromatic rings. The molecule has 0 radical (unpaired) electrons. The van der Waals surface area contributed by atoms with E-state index in [-0.39, 0.29) is 19.3 Å². The minimum Gasteiger partial charge on any atom is -0.385 e. The lowest BCUT2D eigenvalue weighted by atomic mass is 9.82. The van der Waals surface area contributed by atoms with Gasteiger partial charge in [-0.2, -0.15) is 0 Å². The van der Waals surface area contributed by atoms with Crippen molar-refractivity contribution >= 4 is 37.3 Å². The predicted molar refractivity (Wildman–Crippen MR) is 94.6 cm³/mol. The molecule has 3 aliphatic rings. The molecule has 3 aliphatic heterocycles. The summed E-state index contributed by atoms with van der Waals surface area (Å²) in [6.07, 6.45) is 3.25. The third-order valence-electron chi connectivity index (χ3n) is 4.36. The van der Waals surface area contributed by atoms with Crippen molar-refractivity contribution in [3.63, 3.8) is 0 Å². The van der Waals surface area contributed by atoms with Gasteiger partial charge in [-0.1, -0.05) is 27.5 Å². The summed E-state index contributed by atoms with van der Waals surface area (Å²) in [5.74, 6) is 3.66. The van der Waals surface area contributed by atoms with Gasteiger partial charge in [-0.15, -0.1) is 6.42 Å². The number of rotatable bonds is 4. The summed E-state index contributed by atoms with van der Waals surface area (Å²) < 4.78 is 40.7. The molecule has 24 heavy (non-hydrogen) atoms. The van der Waals surface area contributed by atoms with Crippen LogP contribution in [0.2, 0.25) is 0 Å². The van der Waals surface area contributed by atoms with Gasteiger partial charge in [0.05, 0.1) is 18.7 Å². The highest BCUT2D eigenvalue weighted by atomic mass is 33.1. The summed E-state index contributed by atoms with van der Waals surface area (Å²) in [6.45, 7) is 1.81. The van der Waals surface area contributed by atoms with Crippen LogP contribution in [0.25, 0.3) is 0 Å². The zero-order chi connectivity index (χ0) is 17.4. The average molecular weight is 394 g/mol. The summed E-state index contributed by atoms with van der Waals surface area (Å²) in [4.78, 5) is 0. The molecule has 3 rings (SSSR count). The lowest BCUT2D eigenvalue weighted by Crippen LogP contribution is -2.49. The molecule has 1 N–H and O–H groups in total. The third-order valence-corrected chi connectivity index (χ3v) is 8.26. The lowest BCUT2D eigenvalue weighted by Gasteiger charge is -2.38. The van der Waals surface area contributed by atoms with Crippen molar-refractivity contribution in [1.29, 1.82) is 0 Å². The van der Waals surface area contributed by atoms with Gasteiger partial charge < -0.3 is 14.6 Å². The summed E-state index contributed by atoms with van der Waals surface area (Å²) >= 11 is 0. The molecule has 4 unspecified atom stereocenters. The zero-order valence-corrected chi connectivity index (χ0v) is 16.0. The monoisotopic (exact) mass is 394 g/mol. The van der Waals surface area contributed by atoms with E-state index in [9.17, 15) is 9.67 Å². The minimum atomic E-state index is -3.82. The van der Waals surface area contributed by atoms with E-state index in [1.54, 1.807) is 36.4 Å². The fourth-order valence-electron chi connectivity index (χ4n) is 2.79. The van der Waals surface area contributed by atoms with Gasteiger partial charge in [-0.25, -0.2) is 4.57 Å². The molecule has 7 nitrogen and oxygen atoms in total. The SMILES string of the molecule is BC1OC2COP(=O)(O[C@@H]3CSSCC3OCC#C)O[C@H]2[C@@]1(C)O. The Hall–Kier alpha value is 0.315. The first kappa shape index (κ1) is 19.1. The molecule has 3 heterocycles. The molecule has 11 heteroatoms. The minimum absolute atomic E-state index is 0.0485. The second-order valence-corrected chi connectivity index (χ2v) is 10.2. The molecule has 3 fully saturated rings. The number of hydrogen-bond acceptors (Lipinski definition) is 9. The Morgan fingerprint density at radius 1 is 1.46 bits per heavy atom. The predicted octanol–water partition coefficient (Wildman–Crippen LogP) is 0.417. The van der Waals surface area contributed by atoms with Crippen molar-refractivity contribution in [3.8, 4) is 12.3 Å². The van der Waals surface area contributed by atoms with E-state index < -0.39 is 37.7 Å². The molecule has 0 amide bonds. The summed E-state index contributed by atoms with van der Waals surface area (Å²) in [5, 5.41) is 10.5. The number of hydrogen-bond donors (Lipinski definition) is 1. The molecular formula is C13H20BO7PS2. The lowest BCUT2D eigenvalue weighted by molar-refractivity contribution is -0.0906. The normalized spacial score (nSPS) is 48.6. The van der Waals surface area contributed by atoms with Crippen LogP contribution in [-0.4, -0.2) is 73.7 Å². The van der Waals surface area contributed by atoms with Gasteiger partial charge in [0, 0.05) is 11.5 Å². The van der Waals surface area contributed by atoms with E-state index in [0.717, 1.165) is 0 Å². The van der Waals surface area contributed by atoms with Crippen LogP contribution in [0.15, 0.2) is 0 Å². The maximum atomic E-state index is 12.9. The van der Waals surface area contributed by atoms with Crippen LogP contribution in [0.1, 0.15) is 6.92 Å². The molecule has 134 valence electrons. The summed E-state index contributed by atoms with van der Waals surface area (Å²) in [5.41, 5.74) is -1.26. The maximum Gasteiger partial charge on any atom is 0.475 e. The first-order valence-electron chi connectivity index (χ1n) is 7.64. The molecule has 0 aromatic heterocycles. The Bertz CT molecular complexity index is 557. The Balaban J connectivity index is 1.68. The summed E-state index contributed by atoms with van der Waals surface area (Å²) in [7, 11) is 1.17. The highest BCUT2D eigenvalue weighted by Gasteiger charge is 2.58. The Morgan fingerprint density at radius 2 is 2.17 bits per heavy atom. The van der Waals surface area contributed by atoms with E-state index in [2.05, 4.69) is 5.92 Å². The zero-order valence-electron chi connectivity index (χ0n) is 13.5. The van der Waals surface area contributed by atoms with E-state index in [1.807, 2.05) is 0 Å². The number of ether oxygens (including phenoxy) is 2. The average Bonchev–Trinajstić information content (AvgIpc) is 2.76. The van der Waals surface area contributed by atoms with Crippen molar-refractivity contribution in [2.24, 2.45) is 0 Å². The Labute approximate surface area is 150 Å². The van der Waals surface area contributed by atoms with Crippen LogP contribution in [0, 0.1) is 12.3 Å². The number of terminal acetylenes is 1. The second kappa shape index (κ2) is 7.51. The third kappa shape index (κ3) is 3.85. The van der Waals surface area contributed by atoms with Crippen molar-refractivity contribution in [2.75, 3.05) is 24.7 Å². The molecule has 3 saturated heterocycles. The number of phosphoric acid groups is 1. The van der Waals surface area contributed by atoms with Crippen LogP contribution in [-0.2, 0) is 27.6 Å². The first-order valence-corrected chi connectivity index (χ1v) is 11.6. The van der Waals surface area contributed by atoms with Crippen molar-refractivity contribution in [3.05, 3.63) is 0 Å². The van der Waals surface area contributed by atoms with Gasteiger partial charge in [0.25, 0.3) is 0 Å². The van der Waals surface area contributed by atoms with Crippen molar-refractivity contribution in [2.45, 2.75) is 42.9 Å². The maximum absolute atomic E-state index is 12.9. The van der Waals surface area contributed by atoms with Gasteiger partial charge in [-0.05, 0) is 6.92 Å². The topological polar surface area (TPSA) is 83.5 Å². The van der Waals surface area contributed by atoms with Gasteiger partial charge in [0.15, 0.2) is 0 Å². The van der Waals surface area contributed by atoms with E-state index in [0.29, 0.717) is 11.5 Å². The van der Waals surface area contributed by atoms with Crippen LogP contribution in [0.3, 0.4) is 0 Å². The Kier molecular flexibility index (Phi) is 5.97. The second-order valence-electron chi connectivity index (χ2n) is 6.08. The van der Waals surface area contributed by atoms with E-state index >= 15 is 0 Å². The molecular weight excluding hydrogens is 374 g/mol. The largest absolute Gasteiger partial charge is 0.475 e. The van der Waals surface area contributed by atoms with Gasteiger partial charge in [0.1, 0.15) is 38.4 Å².